The van der Waals surface area contributed by atoms with Gasteiger partial charge in [0.25, 0.3) is 0 Å². The topological polar surface area (TPSA) is 61.4 Å². The van der Waals surface area contributed by atoms with Gasteiger partial charge in [0.15, 0.2) is 0 Å². The third kappa shape index (κ3) is 4.35. The van der Waals surface area contributed by atoms with E-state index in [1.165, 1.54) is 6.42 Å². The maximum atomic E-state index is 12.1. The largest absolute Gasteiger partial charge is 0.343 e. The molecule has 0 aromatic carbocycles. The molecule has 2 heterocycles. The van der Waals surface area contributed by atoms with E-state index >= 15 is 0 Å². The van der Waals surface area contributed by atoms with E-state index in [-0.39, 0.29) is 30.3 Å². The maximum Gasteiger partial charge on any atom is 0.244 e. The molecule has 19 heavy (non-hydrogen) atoms. The van der Waals surface area contributed by atoms with Crippen LogP contribution in [0, 0.1) is 0 Å². The van der Waals surface area contributed by atoms with Gasteiger partial charge in [0.05, 0.1) is 6.04 Å². The molecule has 0 bridgehead atoms. The number of amides is 2. The van der Waals surface area contributed by atoms with Gasteiger partial charge >= 0.3 is 0 Å². The van der Waals surface area contributed by atoms with Crippen LogP contribution in [0.3, 0.4) is 0 Å². The number of carbonyl (C=O) groups excluding carboxylic acids is 2. The molecular formula is C13H24ClN3O2. The van der Waals surface area contributed by atoms with Gasteiger partial charge < -0.3 is 15.5 Å². The Morgan fingerprint density at radius 3 is 2.47 bits per heavy atom. The van der Waals surface area contributed by atoms with Gasteiger partial charge in [-0.2, -0.15) is 0 Å². The molecule has 2 aliphatic heterocycles. The minimum Gasteiger partial charge on any atom is -0.343 e. The Morgan fingerprint density at radius 1 is 1.21 bits per heavy atom. The van der Waals surface area contributed by atoms with Crippen LogP contribution in [0.25, 0.3) is 0 Å². The third-order valence-electron chi connectivity index (χ3n) is 3.77. The molecule has 0 spiro atoms. The van der Waals surface area contributed by atoms with E-state index in [4.69, 9.17) is 0 Å². The highest BCUT2D eigenvalue weighted by molar-refractivity contribution is 5.89. The van der Waals surface area contributed by atoms with E-state index in [1.54, 1.807) is 6.92 Å². The summed E-state index contributed by atoms with van der Waals surface area (Å²) in [6.45, 7) is 4.35. The van der Waals surface area contributed by atoms with Crippen molar-refractivity contribution in [2.45, 2.75) is 51.1 Å². The van der Waals surface area contributed by atoms with Crippen molar-refractivity contribution in [2.75, 3.05) is 19.6 Å². The van der Waals surface area contributed by atoms with Crippen molar-refractivity contribution in [1.82, 2.24) is 15.5 Å². The quantitative estimate of drug-likeness (QED) is 0.803. The summed E-state index contributed by atoms with van der Waals surface area (Å²) in [5, 5.41) is 5.97. The fourth-order valence-corrected chi connectivity index (χ4v) is 2.67. The lowest BCUT2D eigenvalue weighted by atomic mass is 10.1. The van der Waals surface area contributed by atoms with Gasteiger partial charge in [-0.25, -0.2) is 0 Å². The molecular weight excluding hydrogens is 266 g/mol. The number of nitrogens with zero attached hydrogens (tertiary/aromatic N) is 1. The smallest absolute Gasteiger partial charge is 0.244 e. The molecule has 2 aliphatic rings. The summed E-state index contributed by atoms with van der Waals surface area (Å²) in [6.07, 6.45) is 5.27. The second-order valence-electron chi connectivity index (χ2n) is 5.27. The van der Waals surface area contributed by atoms with Crippen LogP contribution in [0.4, 0.5) is 0 Å². The molecule has 2 N–H and O–H groups in total. The summed E-state index contributed by atoms with van der Waals surface area (Å²) in [5.74, 6) is 0.0198. The summed E-state index contributed by atoms with van der Waals surface area (Å²) in [7, 11) is 0. The molecule has 2 atom stereocenters. The lowest BCUT2D eigenvalue weighted by Crippen LogP contribution is -2.52. The molecule has 5 nitrogen and oxygen atoms in total. The van der Waals surface area contributed by atoms with E-state index < -0.39 is 6.04 Å². The van der Waals surface area contributed by atoms with E-state index in [1.807, 2.05) is 4.90 Å². The molecule has 110 valence electrons. The van der Waals surface area contributed by atoms with E-state index in [2.05, 4.69) is 10.6 Å². The number of halogens is 1. The number of hydrogen-bond acceptors (Lipinski definition) is 3. The first-order valence-electron chi connectivity index (χ1n) is 7.01. The highest BCUT2D eigenvalue weighted by Crippen LogP contribution is 2.10. The minimum atomic E-state index is -0.405. The first kappa shape index (κ1) is 16.2. The maximum absolute atomic E-state index is 12.1. The Morgan fingerprint density at radius 2 is 1.89 bits per heavy atom. The van der Waals surface area contributed by atoms with Crippen LogP contribution in [-0.4, -0.2) is 48.4 Å². The fraction of sp³-hybridized carbons (Fsp3) is 0.846. The standard InChI is InChI=1S/C13H23N3O2.ClH/c1-10(13(18)16-8-3-2-4-9-16)15-12(17)11-6-5-7-14-11;/h10-11,14H,2-9H2,1H3,(H,15,17);1H/t10?,11-;/m0./s1. The minimum absolute atomic E-state index is 0. The molecule has 2 amide bonds. The summed E-state index contributed by atoms with van der Waals surface area (Å²) in [5.41, 5.74) is 0. The zero-order valence-corrected chi connectivity index (χ0v) is 12.3. The Labute approximate surface area is 120 Å². The highest BCUT2D eigenvalue weighted by atomic mass is 35.5. The molecule has 0 radical (unpaired) electrons. The van der Waals surface area contributed by atoms with Gasteiger partial charge in [0.2, 0.25) is 11.8 Å². The average molecular weight is 290 g/mol. The van der Waals surface area contributed by atoms with E-state index in [0.29, 0.717) is 0 Å². The molecule has 2 rings (SSSR count). The van der Waals surface area contributed by atoms with Crippen LogP contribution in [-0.2, 0) is 9.59 Å². The molecule has 2 saturated heterocycles. The summed E-state index contributed by atoms with van der Waals surface area (Å²) < 4.78 is 0. The van der Waals surface area contributed by atoms with Crippen molar-refractivity contribution in [2.24, 2.45) is 0 Å². The summed E-state index contributed by atoms with van der Waals surface area (Å²) >= 11 is 0. The lowest BCUT2D eigenvalue weighted by molar-refractivity contribution is -0.137. The predicted octanol–water partition coefficient (Wildman–Crippen LogP) is 0.677. The predicted molar refractivity (Wildman–Crippen MR) is 76.3 cm³/mol. The summed E-state index contributed by atoms with van der Waals surface area (Å²) in [4.78, 5) is 25.9. The van der Waals surface area contributed by atoms with Crippen molar-refractivity contribution in [3.63, 3.8) is 0 Å². The van der Waals surface area contributed by atoms with Crippen molar-refractivity contribution < 1.29 is 9.59 Å². The van der Waals surface area contributed by atoms with Gasteiger partial charge in [0.1, 0.15) is 6.04 Å². The third-order valence-corrected chi connectivity index (χ3v) is 3.77. The fourth-order valence-electron chi connectivity index (χ4n) is 2.67. The zero-order chi connectivity index (χ0) is 13.0. The molecule has 0 saturated carbocycles. The van der Waals surface area contributed by atoms with Crippen LogP contribution in [0.5, 0.6) is 0 Å². The highest BCUT2D eigenvalue weighted by Gasteiger charge is 2.27. The number of hydrogen-bond donors (Lipinski definition) is 2. The van der Waals surface area contributed by atoms with Crippen LogP contribution in [0.2, 0.25) is 0 Å². The van der Waals surface area contributed by atoms with Gasteiger partial charge in [0, 0.05) is 13.1 Å². The Bertz CT molecular complexity index is 313. The lowest BCUT2D eigenvalue weighted by Gasteiger charge is -2.29. The Hall–Kier alpha value is -0.810. The second-order valence-corrected chi connectivity index (χ2v) is 5.27. The van der Waals surface area contributed by atoms with Gasteiger partial charge in [-0.3, -0.25) is 9.59 Å². The van der Waals surface area contributed by atoms with Gasteiger partial charge in [-0.05, 0) is 45.6 Å². The average Bonchev–Trinajstić information content (AvgIpc) is 2.92. The number of nitrogens with one attached hydrogen (secondary N) is 2. The van der Waals surface area contributed by atoms with Crippen LogP contribution >= 0.6 is 12.4 Å². The van der Waals surface area contributed by atoms with Gasteiger partial charge in [-0.15, -0.1) is 12.4 Å². The van der Waals surface area contributed by atoms with Crippen molar-refractivity contribution in [3.05, 3.63) is 0 Å². The van der Waals surface area contributed by atoms with Crippen LogP contribution < -0.4 is 10.6 Å². The van der Waals surface area contributed by atoms with Crippen LogP contribution in [0.15, 0.2) is 0 Å². The second kappa shape index (κ2) is 7.70. The molecule has 0 aromatic rings. The van der Waals surface area contributed by atoms with Crippen molar-refractivity contribution in [1.29, 1.82) is 0 Å². The number of likely N-dealkylation sites (tertiary alicyclic amines) is 1. The van der Waals surface area contributed by atoms with Crippen molar-refractivity contribution >= 4 is 24.2 Å². The molecule has 0 aromatic heterocycles. The SMILES string of the molecule is CC(NC(=O)[C@@H]1CCCN1)C(=O)N1CCCCC1.Cl. The molecule has 2 fully saturated rings. The molecule has 1 unspecified atom stereocenters. The van der Waals surface area contributed by atoms with Crippen LogP contribution in [0.1, 0.15) is 39.0 Å². The number of rotatable bonds is 3. The normalized spacial score (nSPS) is 24.5. The van der Waals surface area contributed by atoms with E-state index in [9.17, 15) is 9.59 Å². The first-order chi connectivity index (χ1) is 8.68. The monoisotopic (exact) mass is 289 g/mol. The Kier molecular flexibility index (Phi) is 6.58. The van der Waals surface area contributed by atoms with Gasteiger partial charge in [-0.1, -0.05) is 0 Å². The Balaban J connectivity index is 0.00000180. The molecule has 6 heteroatoms. The number of carbonyl (C=O) groups is 2. The number of piperidine rings is 1. The van der Waals surface area contributed by atoms with E-state index in [0.717, 1.165) is 45.3 Å². The first-order valence-corrected chi connectivity index (χ1v) is 7.01. The van der Waals surface area contributed by atoms with Crippen molar-refractivity contribution in [3.8, 4) is 0 Å². The zero-order valence-electron chi connectivity index (χ0n) is 11.5. The molecule has 0 aliphatic carbocycles. The summed E-state index contributed by atoms with van der Waals surface area (Å²) in [6, 6.07) is -0.514.